The van der Waals surface area contributed by atoms with Crippen LogP contribution in [-0.4, -0.2) is 35.9 Å². The Kier molecular flexibility index (Phi) is 5.44. The molecule has 0 saturated carbocycles. The second kappa shape index (κ2) is 6.63. The predicted octanol–water partition coefficient (Wildman–Crippen LogP) is 1.92. The molecule has 1 unspecified atom stereocenters. The maximum atomic E-state index is 11.7. The smallest absolute Gasteiger partial charge is 0.273 e. The van der Waals surface area contributed by atoms with Crippen molar-refractivity contribution in [2.75, 3.05) is 14.1 Å². The third-order valence-electron chi connectivity index (χ3n) is 2.65. The van der Waals surface area contributed by atoms with Gasteiger partial charge in [-0.05, 0) is 19.1 Å². The van der Waals surface area contributed by atoms with Crippen LogP contribution in [0.3, 0.4) is 0 Å². The molecule has 6 nitrogen and oxygen atoms in total. The van der Waals surface area contributed by atoms with Gasteiger partial charge in [0.2, 0.25) is 5.91 Å². The van der Waals surface area contributed by atoms with Gasteiger partial charge < -0.3 is 10.2 Å². The summed E-state index contributed by atoms with van der Waals surface area (Å²) in [7, 11) is 3.34. The fraction of sp³-hybridized carbons (Fsp3) is 0.417. The molecule has 0 fully saturated rings. The van der Waals surface area contributed by atoms with E-state index in [1.165, 1.54) is 11.0 Å². The maximum absolute atomic E-state index is 11.7. The standard InChI is InChI=1S/C12H16BrN3O3/c1-8(12(17)15(2)3)14-7-9-6-10(13)4-5-11(9)16(18)19/h4-6,8,14H,7H2,1-3H3. The van der Waals surface area contributed by atoms with Gasteiger partial charge in [0, 0.05) is 36.7 Å². The Bertz CT molecular complexity index is 491. The van der Waals surface area contributed by atoms with E-state index in [0.717, 1.165) is 4.47 Å². The van der Waals surface area contributed by atoms with Crippen molar-refractivity contribution in [3.8, 4) is 0 Å². The van der Waals surface area contributed by atoms with E-state index in [1.807, 2.05) is 0 Å². The number of halogens is 1. The van der Waals surface area contributed by atoms with Gasteiger partial charge in [-0.15, -0.1) is 0 Å². The molecule has 0 spiro atoms. The Morgan fingerprint density at radius 1 is 1.53 bits per heavy atom. The first-order valence-corrected chi connectivity index (χ1v) is 6.49. The normalized spacial score (nSPS) is 12.0. The van der Waals surface area contributed by atoms with Crippen molar-refractivity contribution < 1.29 is 9.72 Å². The highest BCUT2D eigenvalue weighted by molar-refractivity contribution is 9.10. The van der Waals surface area contributed by atoms with Gasteiger partial charge >= 0.3 is 0 Å². The molecule has 0 aliphatic heterocycles. The lowest BCUT2D eigenvalue weighted by Gasteiger charge is -2.18. The summed E-state index contributed by atoms with van der Waals surface area (Å²) in [4.78, 5) is 23.6. The second-order valence-electron chi connectivity index (χ2n) is 4.37. The molecular formula is C12H16BrN3O3. The van der Waals surface area contributed by atoms with Crippen LogP contribution >= 0.6 is 15.9 Å². The topological polar surface area (TPSA) is 75.5 Å². The van der Waals surface area contributed by atoms with Crippen molar-refractivity contribution in [3.63, 3.8) is 0 Å². The Balaban J connectivity index is 2.80. The number of nitro benzene ring substituents is 1. The van der Waals surface area contributed by atoms with Crippen LogP contribution in [0.15, 0.2) is 22.7 Å². The summed E-state index contributed by atoms with van der Waals surface area (Å²) in [5.74, 6) is -0.0716. The highest BCUT2D eigenvalue weighted by atomic mass is 79.9. The lowest BCUT2D eigenvalue weighted by molar-refractivity contribution is -0.385. The number of nitro groups is 1. The largest absolute Gasteiger partial charge is 0.347 e. The Labute approximate surface area is 120 Å². The van der Waals surface area contributed by atoms with Crippen LogP contribution in [0.4, 0.5) is 5.69 Å². The third-order valence-corrected chi connectivity index (χ3v) is 3.14. The van der Waals surface area contributed by atoms with Crippen LogP contribution in [0.5, 0.6) is 0 Å². The number of hydrogen-bond donors (Lipinski definition) is 1. The molecule has 1 rings (SSSR count). The zero-order chi connectivity index (χ0) is 14.6. The number of likely N-dealkylation sites (N-methyl/N-ethyl adjacent to an activating group) is 1. The molecule has 0 aliphatic carbocycles. The molecule has 7 heteroatoms. The lowest BCUT2D eigenvalue weighted by Crippen LogP contribution is -2.41. The number of hydrogen-bond acceptors (Lipinski definition) is 4. The van der Waals surface area contributed by atoms with Crippen LogP contribution < -0.4 is 5.32 Å². The number of amides is 1. The number of nitrogens with zero attached hydrogens (tertiary/aromatic N) is 2. The summed E-state index contributed by atoms with van der Waals surface area (Å²) in [5.41, 5.74) is 0.581. The minimum Gasteiger partial charge on any atom is -0.347 e. The summed E-state index contributed by atoms with van der Waals surface area (Å²) >= 11 is 3.28. The van der Waals surface area contributed by atoms with Crippen molar-refractivity contribution in [1.29, 1.82) is 0 Å². The van der Waals surface area contributed by atoms with E-state index in [-0.39, 0.29) is 18.1 Å². The SMILES string of the molecule is CC(NCc1cc(Br)ccc1[N+](=O)[O-])C(=O)N(C)C. The number of rotatable bonds is 5. The molecule has 1 atom stereocenters. The van der Waals surface area contributed by atoms with Gasteiger partial charge in [0.1, 0.15) is 0 Å². The van der Waals surface area contributed by atoms with Crippen LogP contribution in [0.1, 0.15) is 12.5 Å². The quantitative estimate of drug-likeness (QED) is 0.661. The molecule has 1 aromatic carbocycles. The van der Waals surface area contributed by atoms with Gasteiger partial charge in [0.25, 0.3) is 5.69 Å². The summed E-state index contributed by atoms with van der Waals surface area (Å²) in [6, 6.07) is 4.35. The first-order valence-electron chi connectivity index (χ1n) is 5.70. The molecule has 0 heterocycles. The fourth-order valence-electron chi connectivity index (χ4n) is 1.61. The molecule has 0 aromatic heterocycles. The second-order valence-corrected chi connectivity index (χ2v) is 5.28. The van der Waals surface area contributed by atoms with E-state index in [9.17, 15) is 14.9 Å². The first kappa shape index (κ1) is 15.6. The highest BCUT2D eigenvalue weighted by Crippen LogP contribution is 2.22. The van der Waals surface area contributed by atoms with E-state index in [1.54, 1.807) is 33.2 Å². The van der Waals surface area contributed by atoms with E-state index in [4.69, 9.17) is 0 Å². The molecule has 1 aromatic rings. The van der Waals surface area contributed by atoms with Crippen molar-refractivity contribution in [2.45, 2.75) is 19.5 Å². The number of benzene rings is 1. The van der Waals surface area contributed by atoms with E-state index >= 15 is 0 Å². The average Bonchev–Trinajstić information content (AvgIpc) is 2.34. The summed E-state index contributed by atoms with van der Waals surface area (Å²) in [6.45, 7) is 1.99. The van der Waals surface area contributed by atoms with Crippen LogP contribution in [-0.2, 0) is 11.3 Å². The first-order chi connectivity index (χ1) is 8.82. The molecule has 19 heavy (non-hydrogen) atoms. The summed E-state index contributed by atoms with van der Waals surface area (Å²) < 4.78 is 0.765. The van der Waals surface area contributed by atoms with Crippen LogP contribution in [0, 0.1) is 10.1 Å². The molecule has 0 radical (unpaired) electrons. The van der Waals surface area contributed by atoms with Gasteiger partial charge in [0.05, 0.1) is 11.0 Å². The van der Waals surface area contributed by atoms with Crippen molar-refractivity contribution in [3.05, 3.63) is 38.3 Å². The van der Waals surface area contributed by atoms with Gasteiger partial charge in [-0.3, -0.25) is 14.9 Å². The average molecular weight is 330 g/mol. The minimum absolute atomic E-state index is 0.0419. The number of carbonyl (C=O) groups excluding carboxylic acids is 1. The zero-order valence-corrected chi connectivity index (χ0v) is 12.6. The maximum Gasteiger partial charge on any atom is 0.273 e. The van der Waals surface area contributed by atoms with Crippen molar-refractivity contribution in [2.24, 2.45) is 0 Å². The lowest BCUT2D eigenvalue weighted by atomic mass is 10.1. The van der Waals surface area contributed by atoms with E-state index < -0.39 is 11.0 Å². The predicted molar refractivity (Wildman–Crippen MR) is 75.8 cm³/mol. The zero-order valence-electron chi connectivity index (χ0n) is 11.0. The van der Waals surface area contributed by atoms with Crippen LogP contribution in [0.2, 0.25) is 0 Å². The highest BCUT2D eigenvalue weighted by Gasteiger charge is 2.17. The Hall–Kier alpha value is -1.47. The fourth-order valence-corrected chi connectivity index (χ4v) is 2.02. The van der Waals surface area contributed by atoms with E-state index in [2.05, 4.69) is 21.2 Å². The summed E-state index contributed by atoms with van der Waals surface area (Å²) in [5, 5.41) is 13.9. The van der Waals surface area contributed by atoms with Gasteiger partial charge in [-0.2, -0.15) is 0 Å². The number of carbonyl (C=O) groups is 1. The van der Waals surface area contributed by atoms with Crippen molar-refractivity contribution in [1.82, 2.24) is 10.2 Å². The molecule has 0 saturated heterocycles. The molecule has 0 bridgehead atoms. The molecule has 1 amide bonds. The Morgan fingerprint density at radius 3 is 2.68 bits per heavy atom. The van der Waals surface area contributed by atoms with Crippen molar-refractivity contribution >= 4 is 27.5 Å². The number of nitrogens with one attached hydrogen (secondary N) is 1. The Morgan fingerprint density at radius 2 is 2.16 bits per heavy atom. The molecule has 104 valence electrons. The van der Waals surface area contributed by atoms with Crippen LogP contribution in [0.25, 0.3) is 0 Å². The monoisotopic (exact) mass is 329 g/mol. The molecule has 1 N–H and O–H groups in total. The van der Waals surface area contributed by atoms with Gasteiger partial charge in [-0.25, -0.2) is 0 Å². The minimum atomic E-state index is -0.429. The van der Waals surface area contributed by atoms with E-state index in [0.29, 0.717) is 5.56 Å². The molecule has 0 aliphatic rings. The van der Waals surface area contributed by atoms with Gasteiger partial charge in [0.15, 0.2) is 0 Å². The molecular weight excluding hydrogens is 314 g/mol. The van der Waals surface area contributed by atoms with Gasteiger partial charge in [-0.1, -0.05) is 15.9 Å². The third kappa shape index (κ3) is 4.29. The summed E-state index contributed by atoms with van der Waals surface area (Å²) in [6.07, 6.45) is 0.